The second kappa shape index (κ2) is 5.89. The van der Waals surface area contributed by atoms with Crippen molar-refractivity contribution in [1.82, 2.24) is 9.80 Å². The van der Waals surface area contributed by atoms with Crippen LogP contribution in [0.1, 0.15) is 44.9 Å². The van der Waals surface area contributed by atoms with Crippen LogP contribution in [0.15, 0.2) is 0 Å². The molecule has 0 radical (unpaired) electrons. The molecule has 0 aromatic heterocycles. The molecule has 2 saturated heterocycles. The Morgan fingerprint density at radius 3 is 2.59 bits per heavy atom. The summed E-state index contributed by atoms with van der Waals surface area (Å²) in [5, 5.41) is 9.50. The van der Waals surface area contributed by atoms with Crippen molar-refractivity contribution in [2.24, 2.45) is 11.8 Å². The number of amides is 2. The quantitative estimate of drug-likeness (QED) is 0.828. The molecule has 22 heavy (non-hydrogen) atoms. The minimum atomic E-state index is -0.901. The highest BCUT2D eigenvalue weighted by Gasteiger charge is 2.49. The van der Waals surface area contributed by atoms with Gasteiger partial charge in [-0.3, -0.25) is 9.59 Å². The van der Waals surface area contributed by atoms with E-state index in [1.807, 2.05) is 0 Å². The largest absolute Gasteiger partial charge is 0.480 e. The fraction of sp³-hybridized carbons (Fsp3) is 0.812. The van der Waals surface area contributed by atoms with Crippen molar-refractivity contribution in [1.29, 1.82) is 0 Å². The van der Waals surface area contributed by atoms with Gasteiger partial charge in [-0.15, -0.1) is 0 Å². The molecular formula is C16H24N2O4. The lowest BCUT2D eigenvalue weighted by molar-refractivity contribution is -0.154. The predicted molar refractivity (Wildman–Crippen MR) is 79.0 cm³/mol. The molecule has 3 aliphatic rings. The third-order valence-corrected chi connectivity index (χ3v) is 5.64. The van der Waals surface area contributed by atoms with Crippen LogP contribution in [0.5, 0.6) is 0 Å². The number of carboxylic acids is 1. The Bertz CT molecular complexity index is 493. The normalized spacial score (nSPS) is 35.4. The number of fused-ring (bicyclic) bond motifs is 1. The molecule has 122 valence electrons. The molecule has 6 nitrogen and oxygen atoms in total. The Hall–Kier alpha value is -1.59. The van der Waals surface area contributed by atoms with Gasteiger partial charge in [0.15, 0.2) is 0 Å². The summed E-state index contributed by atoms with van der Waals surface area (Å²) in [7, 11) is 1.75. The van der Waals surface area contributed by atoms with E-state index < -0.39 is 12.0 Å². The lowest BCUT2D eigenvalue weighted by atomic mass is 9.84. The van der Waals surface area contributed by atoms with E-state index in [1.54, 1.807) is 16.8 Å². The minimum Gasteiger partial charge on any atom is -0.480 e. The molecule has 0 bridgehead atoms. The van der Waals surface area contributed by atoms with Crippen molar-refractivity contribution in [2.75, 3.05) is 13.6 Å². The summed E-state index contributed by atoms with van der Waals surface area (Å²) in [5.41, 5.74) is 0. The van der Waals surface area contributed by atoms with E-state index in [0.29, 0.717) is 25.3 Å². The number of carbonyl (C=O) groups is 3. The molecule has 3 fully saturated rings. The Morgan fingerprint density at radius 2 is 1.91 bits per heavy atom. The Kier molecular flexibility index (Phi) is 4.10. The number of carboxylic acid groups (broad SMARTS) is 1. The zero-order valence-corrected chi connectivity index (χ0v) is 13.0. The molecule has 6 heteroatoms. The topological polar surface area (TPSA) is 77.9 Å². The van der Waals surface area contributed by atoms with Gasteiger partial charge in [0.1, 0.15) is 6.04 Å². The number of rotatable bonds is 2. The summed E-state index contributed by atoms with van der Waals surface area (Å²) in [6, 6.07) is -0.632. The molecule has 2 heterocycles. The Balaban J connectivity index is 1.79. The predicted octanol–water partition coefficient (Wildman–Crippen LogP) is 1.10. The van der Waals surface area contributed by atoms with Crippen LogP contribution in [0, 0.1) is 11.8 Å². The maximum absolute atomic E-state index is 12.9. The van der Waals surface area contributed by atoms with Crippen LogP contribution in [0.2, 0.25) is 0 Å². The van der Waals surface area contributed by atoms with Crippen LogP contribution in [0.4, 0.5) is 0 Å². The molecule has 3 rings (SSSR count). The summed E-state index contributed by atoms with van der Waals surface area (Å²) in [4.78, 5) is 39.6. The van der Waals surface area contributed by atoms with E-state index in [0.717, 1.165) is 25.7 Å². The number of carbonyl (C=O) groups excluding carboxylic acids is 2. The monoisotopic (exact) mass is 308 g/mol. The lowest BCUT2D eigenvalue weighted by Crippen LogP contribution is -2.51. The number of nitrogens with zero attached hydrogens (tertiary/aromatic N) is 2. The van der Waals surface area contributed by atoms with Crippen molar-refractivity contribution >= 4 is 17.8 Å². The minimum absolute atomic E-state index is 0.0177. The fourth-order valence-corrected chi connectivity index (χ4v) is 4.36. The van der Waals surface area contributed by atoms with E-state index in [2.05, 4.69) is 0 Å². The number of piperidine rings is 1. The number of hydrogen-bond acceptors (Lipinski definition) is 3. The molecule has 0 unspecified atom stereocenters. The van der Waals surface area contributed by atoms with Crippen LogP contribution in [0.3, 0.4) is 0 Å². The van der Waals surface area contributed by atoms with Crippen LogP contribution >= 0.6 is 0 Å². The fourth-order valence-electron chi connectivity index (χ4n) is 4.36. The number of likely N-dealkylation sites (tertiary alicyclic amines) is 2. The highest BCUT2D eigenvalue weighted by molar-refractivity contribution is 5.90. The molecule has 1 saturated carbocycles. The van der Waals surface area contributed by atoms with Gasteiger partial charge in [-0.2, -0.15) is 0 Å². The average Bonchev–Trinajstić information content (AvgIpc) is 2.89. The van der Waals surface area contributed by atoms with Crippen molar-refractivity contribution in [3.05, 3.63) is 0 Å². The van der Waals surface area contributed by atoms with E-state index in [-0.39, 0.29) is 30.2 Å². The molecule has 1 N–H and O–H groups in total. The molecule has 2 aliphatic heterocycles. The van der Waals surface area contributed by atoms with Crippen LogP contribution < -0.4 is 0 Å². The zero-order chi connectivity index (χ0) is 15.9. The second-order valence-electron chi connectivity index (χ2n) is 6.95. The van der Waals surface area contributed by atoms with Gasteiger partial charge in [0.25, 0.3) is 0 Å². The molecule has 0 aromatic carbocycles. The molecule has 0 spiro atoms. The Morgan fingerprint density at radius 1 is 1.18 bits per heavy atom. The third-order valence-electron chi connectivity index (χ3n) is 5.64. The number of hydrogen-bond donors (Lipinski definition) is 1. The molecular weight excluding hydrogens is 284 g/mol. The smallest absolute Gasteiger partial charge is 0.326 e. The van der Waals surface area contributed by atoms with Gasteiger partial charge < -0.3 is 14.9 Å². The van der Waals surface area contributed by atoms with Crippen molar-refractivity contribution in [2.45, 2.75) is 57.0 Å². The first-order valence-corrected chi connectivity index (χ1v) is 8.28. The summed E-state index contributed by atoms with van der Waals surface area (Å²) < 4.78 is 0. The highest BCUT2D eigenvalue weighted by atomic mass is 16.4. The first-order valence-electron chi connectivity index (χ1n) is 8.28. The van der Waals surface area contributed by atoms with Crippen LogP contribution in [-0.2, 0) is 14.4 Å². The Labute approximate surface area is 130 Å². The SMILES string of the molecule is CN1CC[C@H](C(=O)N2[C@@H]3CCCC[C@H]3C[C@H]2C(=O)O)CC1=O. The second-order valence-corrected chi connectivity index (χ2v) is 6.95. The van der Waals surface area contributed by atoms with E-state index in [1.165, 1.54) is 0 Å². The summed E-state index contributed by atoms with van der Waals surface area (Å²) in [6.45, 7) is 0.578. The van der Waals surface area contributed by atoms with Crippen LogP contribution in [-0.4, -0.2) is 58.4 Å². The summed E-state index contributed by atoms with van der Waals surface area (Å²) in [6.07, 6.45) is 5.54. The maximum atomic E-state index is 12.9. The zero-order valence-electron chi connectivity index (χ0n) is 13.0. The molecule has 2 amide bonds. The molecule has 4 atom stereocenters. The van der Waals surface area contributed by atoms with Gasteiger partial charge in [-0.05, 0) is 31.6 Å². The molecule has 0 aromatic rings. The standard InChI is InChI=1S/C16H24N2O4/c1-17-7-6-11(9-14(17)19)15(20)18-12-5-3-2-4-10(12)8-13(18)16(21)22/h10-13H,2-9H2,1H3,(H,21,22)/t10-,11-,12+,13-/m0/s1. The third kappa shape index (κ3) is 2.59. The molecule has 1 aliphatic carbocycles. The average molecular weight is 308 g/mol. The van der Waals surface area contributed by atoms with Gasteiger partial charge in [0, 0.05) is 32.0 Å². The first-order chi connectivity index (χ1) is 10.5. The van der Waals surface area contributed by atoms with Crippen LogP contribution in [0.25, 0.3) is 0 Å². The first kappa shape index (κ1) is 15.3. The van der Waals surface area contributed by atoms with Crippen molar-refractivity contribution < 1.29 is 19.5 Å². The van der Waals surface area contributed by atoms with E-state index in [9.17, 15) is 19.5 Å². The van der Waals surface area contributed by atoms with Gasteiger partial charge in [0.2, 0.25) is 11.8 Å². The highest BCUT2D eigenvalue weighted by Crippen LogP contribution is 2.41. The van der Waals surface area contributed by atoms with Gasteiger partial charge in [-0.25, -0.2) is 4.79 Å². The number of aliphatic carboxylic acids is 1. The van der Waals surface area contributed by atoms with Gasteiger partial charge >= 0.3 is 5.97 Å². The maximum Gasteiger partial charge on any atom is 0.326 e. The van der Waals surface area contributed by atoms with E-state index in [4.69, 9.17) is 0 Å². The van der Waals surface area contributed by atoms with Gasteiger partial charge in [0.05, 0.1) is 0 Å². The summed E-state index contributed by atoms with van der Waals surface area (Å²) >= 11 is 0. The van der Waals surface area contributed by atoms with Gasteiger partial charge in [-0.1, -0.05) is 12.8 Å². The lowest BCUT2D eigenvalue weighted by Gasteiger charge is -2.37. The summed E-state index contributed by atoms with van der Waals surface area (Å²) in [5.74, 6) is -1.05. The van der Waals surface area contributed by atoms with Crippen molar-refractivity contribution in [3.63, 3.8) is 0 Å². The van der Waals surface area contributed by atoms with Crippen molar-refractivity contribution in [3.8, 4) is 0 Å². The van der Waals surface area contributed by atoms with E-state index >= 15 is 0 Å².